The summed E-state index contributed by atoms with van der Waals surface area (Å²) in [6, 6.07) is 11.7. The van der Waals surface area contributed by atoms with Crippen LogP contribution in [0, 0.1) is 5.92 Å². The van der Waals surface area contributed by atoms with E-state index in [0.29, 0.717) is 11.6 Å². The highest BCUT2D eigenvalue weighted by Gasteiger charge is 2.41. The molecule has 0 bridgehead atoms. The molecule has 1 heterocycles. The third-order valence-electron chi connectivity index (χ3n) is 5.75. The number of rotatable bonds is 4. The summed E-state index contributed by atoms with van der Waals surface area (Å²) in [5.41, 5.74) is 1.87. The Morgan fingerprint density at radius 1 is 1.24 bits per heavy atom. The molecule has 1 aliphatic heterocycles. The van der Waals surface area contributed by atoms with Crippen molar-refractivity contribution in [2.24, 2.45) is 5.92 Å². The molecule has 2 atom stereocenters. The molecule has 21 heavy (non-hydrogen) atoms. The van der Waals surface area contributed by atoms with Crippen molar-refractivity contribution >= 4 is 0 Å². The van der Waals surface area contributed by atoms with Crippen LogP contribution in [0.5, 0.6) is 0 Å². The summed E-state index contributed by atoms with van der Waals surface area (Å²) in [6.45, 7) is 8.25. The van der Waals surface area contributed by atoms with Gasteiger partial charge in [-0.05, 0) is 24.3 Å². The quantitative estimate of drug-likeness (QED) is 0.905. The van der Waals surface area contributed by atoms with Crippen LogP contribution in [-0.4, -0.2) is 29.6 Å². The molecule has 2 fully saturated rings. The smallest absolute Gasteiger partial charge is 0.0309 e. The summed E-state index contributed by atoms with van der Waals surface area (Å²) in [4.78, 5) is 2.77. The molecule has 3 rings (SSSR count). The molecular formula is C19H30N2. The van der Waals surface area contributed by atoms with Crippen LogP contribution in [-0.2, 0) is 6.54 Å². The van der Waals surface area contributed by atoms with Crippen molar-refractivity contribution < 1.29 is 0 Å². The number of hydrogen-bond donors (Lipinski definition) is 1. The number of piperazine rings is 1. The Balaban J connectivity index is 1.76. The molecule has 116 valence electrons. The van der Waals surface area contributed by atoms with Gasteiger partial charge >= 0.3 is 0 Å². The molecule has 1 aromatic rings. The van der Waals surface area contributed by atoms with Crippen LogP contribution in [0.4, 0.5) is 0 Å². The van der Waals surface area contributed by atoms with Crippen molar-refractivity contribution in [1.29, 1.82) is 0 Å². The highest BCUT2D eigenvalue weighted by Crippen LogP contribution is 2.35. The average molecular weight is 286 g/mol. The molecule has 1 aliphatic carbocycles. The van der Waals surface area contributed by atoms with E-state index in [-0.39, 0.29) is 0 Å². The van der Waals surface area contributed by atoms with Gasteiger partial charge in [-0.25, -0.2) is 0 Å². The van der Waals surface area contributed by atoms with E-state index in [9.17, 15) is 0 Å². The van der Waals surface area contributed by atoms with Crippen LogP contribution in [0.2, 0.25) is 0 Å². The molecule has 2 unspecified atom stereocenters. The van der Waals surface area contributed by atoms with Gasteiger partial charge in [-0.1, -0.05) is 63.4 Å². The predicted molar refractivity (Wildman–Crippen MR) is 89.3 cm³/mol. The third kappa shape index (κ3) is 3.32. The molecule has 0 aromatic heterocycles. The Morgan fingerprint density at radius 3 is 2.62 bits per heavy atom. The van der Waals surface area contributed by atoms with Crippen LogP contribution in [0.15, 0.2) is 30.3 Å². The first-order chi connectivity index (χ1) is 10.2. The van der Waals surface area contributed by atoms with E-state index in [4.69, 9.17) is 0 Å². The normalized spacial score (nSPS) is 27.0. The maximum absolute atomic E-state index is 3.93. The van der Waals surface area contributed by atoms with Crippen LogP contribution in [0.25, 0.3) is 0 Å². The molecule has 2 nitrogen and oxygen atoms in total. The molecule has 0 amide bonds. The van der Waals surface area contributed by atoms with Gasteiger partial charge in [0.25, 0.3) is 0 Å². The van der Waals surface area contributed by atoms with Gasteiger partial charge < -0.3 is 5.32 Å². The molecule has 1 aromatic carbocycles. The summed E-state index contributed by atoms with van der Waals surface area (Å²) < 4.78 is 0. The molecule has 1 spiro atoms. The lowest BCUT2D eigenvalue weighted by molar-refractivity contribution is 0.0456. The first-order valence-corrected chi connectivity index (χ1v) is 8.75. The first-order valence-electron chi connectivity index (χ1n) is 8.75. The first kappa shape index (κ1) is 15.1. The highest BCUT2D eigenvalue weighted by molar-refractivity contribution is 5.15. The van der Waals surface area contributed by atoms with Crippen molar-refractivity contribution in [3.8, 4) is 0 Å². The zero-order valence-electron chi connectivity index (χ0n) is 13.6. The Hall–Kier alpha value is -0.860. The van der Waals surface area contributed by atoms with Crippen LogP contribution >= 0.6 is 0 Å². The Bertz CT molecular complexity index is 436. The lowest BCUT2D eigenvalue weighted by Gasteiger charge is -2.48. The molecule has 1 saturated heterocycles. The van der Waals surface area contributed by atoms with E-state index in [1.165, 1.54) is 50.8 Å². The summed E-state index contributed by atoms with van der Waals surface area (Å²) in [5.74, 6) is 0.764. The van der Waals surface area contributed by atoms with Gasteiger partial charge in [-0.2, -0.15) is 0 Å². The molecule has 2 heteroatoms. The van der Waals surface area contributed by atoms with Crippen molar-refractivity contribution in [2.75, 3.05) is 13.1 Å². The largest absolute Gasteiger partial charge is 0.308 e. The standard InChI is InChI=1S/C19H30N2/c1-3-16(2)18-13-20-19(11-7-8-12-19)15-21(18)14-17-9-5-4-6-10-17/h4-6,9-10,16,18,20H,3,7-8,11-15H2,1-2H3. The zero-order chi connectivity index (χ0) is 14.7. The van der Waals surface area contributed by atoms with Gasteiger partial charge in [0.2, 0.25) is 0 Å². The van der Waals surface area contributed by atoms with Gasteiger partial charge in [0.15, 0.2) is 0 Å². The van der Waals surface area contributed by atoms with Crippen molar-refractivity contribution in [2.45, 2.75) is 64.1 Å². The maximum Gasteiger partial charge on any atom is 0.0309 e. The number of nitrogens with one attached hydrogen (secondary N) is 1. The molecule has 1 saturated carbocycles. The fourth-order valence-electron chi connectivity index (χ4n) is 4.22. The van der Waals surface area contributed by atoms with Crippen LogP contribution in [0.1, 0.15) is 51.5 Å². The minimum Gasteiger partial charge on any atom is -0.308 e. The zero-order valence-corrected chi connectivity index (χ0v) is 13.6. The second-order valence-corrected chi connectivity index (χ2v) is 7.21. The van der Waals surface area contributed by atoms with Gasteiger partial charge in [-0.3, -0.25) is 4.90 Å². The SMILES string of the molecule is CCC(C)C1CNC2(CCCC2)CN1Cc1ccccc1. The Labute approximate surface area is 129 Å². The van der Waals surface area contributed by atoms with E-state index in [2.05, 4.69) is 54.4 Å². The van der Waals surface area contributed by atoms with E-state index < -0.39 is 0 Å². The van der Waals surface area contributed by atoms with Gasteiger partial charge in [0.05, 0.1) is 0 Å². The van der Waals surface area contributed by atoms with E-state index in [1.807, 2.05) is 0 Å². The minimum absolute atomic E-state index is 0.415. The minimum atomic E-state index is 0.415. The summed E-state index contributed by atoms with van der Waals surface area (Å²) in [7, 11) is 0. The fourth-order valence-corrected chi connectivity index (χ4v) is 4.22. The third-order valence-corrected chi connectivity index (χ3v) is 5.75. The fraction of sp³-hybridized carbons (Fsp3) is 0.684. The summed E-state index contributed by atoms with van der Waals surface area (Å²) in [6.07, 6.45) is 6.81. The van der Waals surface area contributed by atoms with E-state index in [0.717, 1.165) is 12.5 Å². The topological polar surface area (TPSA) is 15.3 Å². The lowest BCUT2D eigenvalue weighted by Crippen LogP contribution is -2.64. The maximum atomic E-state index is 3.93. The van der Waals surface area contributed by atoms with Crippen molar-refractivity contribution in [3.05, 3.63) is 35.9 Å². The van der Waals surface area contributed by atoms with Gasteiger partial charge in [0.1, 0.15) is 0 Å². The Morgan fingerprint density at radius 2 is 1.95 bits per heavy atom. The highest BCUT2D eigenvalue weighted by atomic mass is 15.3. The van der Waals surface area contributed by atoms with Gasteiger partial charge in [0, 0.05) is 31.2 Å². The second-order valence-electron chi connectivity index (χ2n) is 7.21. The summed E-state index contributed by atoms with van der Waals surface area (Å²) in [5, 5.41) is 3.93. The van der Waals surface area contributed by atoms with Crippen molar-refractivity contribution in [3.63, 3.8) is 0 Å². The average Bonchev–Trinajstić information content (AvgIpc) is 2.96. The summed E-state index contributed by atoms with van der Waals surface area (Å²) >= 11 is 0. The lowest BCUT2D eigenvalue weighted by atomic mass is 9.87. The van der Waals surface area contributed by atoms with Crippen LogP contribution in [0.3, 0.4) is 0 Å². The number of nitrogens with zero attached hydrogens (tertiary/aromatic N) is 1. The monoisotopic (exact) mass is 286 g/mol. The van der Waals surface area contributed by atoms with Crippen molar-refractivity contribution in [1.82, 2.24) is 10.2 Å². The molecule has 0 radical (unpaired) electrons. The van der Waals surface area contributed by atoms with E-state index >= 15 is 0 Å². The predicted octanol–water partition coefficient (Wildman–Crippen LogP) is 3.82. The van der Waals surface area contributed by atoms with E-state index in [1.54, 1.807) is 0 Å². The molecule has 1 N–H and O–H groups in total. The number of benzene rings is 1. The molecule has 2 aliphatic rings. The molecular weight excluding hydrogens is 256 g/mol. The van der Waals surface area contributed by atoms with Crippen LogP contribution < -0.4 is 5.32 Å². The number of hydrogen-bond acceptors (Lipinski definition) is 2. The van der Waals surface area contributed by atoms with Gasteiger partial charge in [-0.15, -0.1) is 0 Å². The second kappa shape index (κ2) is 6.50. The Kier molecular flexibility index (Phi) is 4.66.